The predicted molar refractivity (Wildman–Crippen MR) is 57.1 cm³/mol. The third-order valence-electron chi connectivity index (χ3n) is 1.75. The lowest BCUT2D eigenvalue weighted by Gasteiger charge is -2.24. The Morgan fingerprint density at radius 2 is 2.00 bits per heavy atom. The van der Waals surface area contributed by atoms with E-state index in [2.05, 4.69) is 5.32 Å². The van der Waals surface area contributed by atoms with Gasteiger partial charge < -0.3 is 10.4 Å². The van der Waals surface area contributed by atoms with Gasteiger partial charge in [-0.3, -0.25) is 9.69 Å². The summed E-state index contributed by atoms with van der Waals surface area (Å²) >= 11 is 0. The first-order chi connectivity index (χ1) is 6.39. The van der Waals surface area contributed by atoms with Crippen molar-refractivity contribution in [2.75, 3.05) is 26.2 Å². The molecule has 0 aromatic carbocycles. The number of carbonyl (C=O) groups excluding carboxylic acids is 1. The molecule has 0 rings (SSSR count). The normalized spacial score (nSPS) is 11.9. The highest BCUT2D eigenvalue weighted by Crippen LogP contribution is 1.98. The van der Waals surface area contributed by atoms with E-state index in [0.717, 1.165) is 6.54 Å². The molecule has 0 fully saturated rings. The van der Waals surface area contributed by atoms with Gasteiger partial charge in [0.15, 0.2) is 0 Å². The number of hydrogen-bond acceptors (Lipinski definition) is 3. The maximum atomic E-state index is 11.5. The van der Waals surface area contributed by atoms with Crippen molar-refractivity contribution in [2.24, 2.45) is 0 Å². The first-order valence-electron chi connectivity index (χ1n) is 5.03. The monoisotopic (exact) mass is 202 g/mol. The second kappa shape index (κ2) is 5.98. The minimum absolute atomic E-state index is 0.00722. The molecule has 0 aliphatic heterocycles. The van der Waals surface area contributed by atoms with Gasteiger partial charge in [-0.05, 0) is 27.3 Å². The number of amides is 1. The molecule has 2 N–H and O–H groups in total. The molecule has 0 radical (unpaired) electrons. The van der Waals surface area contributed by atoms with Crippen molar-refractivity contribution in [1.82, 2.24) is 10.2 Å². The minimum atomic E-state index is -0.185. The molecule has 0 unspecified atom stereocenters. The Kier molecular flexibility index (Phi) is 5.72. The van der Waals surface area contributed by atoms with Crippen molar-refractivity contribution < 1.29 is 9.90 Å². The van der Waals surface area contributed by atoms with Gasteiger partial charge in [-0.15, -0.1) is 0 Å². The highest BCUT2D eigenvalue weighted by atomic mass is 16.3. The summed E-state index contributed by atoms with van der Waals surface area (Å²) in [6.07, 6.45) is 0. The Bertz CT molecular complexity index is 175. The largest absolute Gasteiger partial charge is 0.395 e. The topological polar surface area (TPSA) is 52.6 Å². The highest BCUT2D eigenvalue weighted by molar-refractivity contribution is 5.78. The van der Waals surface area contributed by atoms with Crippen LogP contribution in [0, 0.1) is 0 Å². The van der Waals surface area contributed by atoms with Gasteiger partial charge in [-0.1, -0.05) is 6.92 Å². The van der Waals surface area contributed by atoms with Gasteiger partial charge in [0.2, 0.25) is 5.91 Å². The number of likely N-dealkylation sites (N-methyl/N-ethyl adjacent to an activating group) is 1. The molecule has 0 spiro atoms. The number of nitrogens with one attached hydrogen (secondary N) is 1. The molecule has 0 aliphatic rings. The van der Waals surface area contributed by atoms with Gasteiger partial charge in [-0.2, -0.15) is 0 Å². The summed E-state index contributed by atoms with van der Waals surface area (Å²) in [4.78, 5) is 13.4. The average molecular weight is 202 g/mol. The summed E-state index contributed by atoms with van der Waals surface area (Å²) in [6, 6.07) is 0. The van der Waals surface area contributed by atoms with Crippen molar-refractivity contribution >= 4 is 5.91 Å². The van der Waals surface area contributed by atoms with Crippen LogP contribution in [-0.2, 0) is 4.79 Å². The molecule has 0 atom stereocenters. The number of aliphatic hydroxyl groups excluding tert-OH is 1. The lowest BCUT2D eigenvalue weighted by Crippen LogP contribution is -2.46. The van der Waals surface area contributed by atoms with Crippen LogP contribution in [0.3, 0.4) is 0 Å². The van der Waals surface area contributed by atoms with Crippen LogP contribution in [0.15, 0.2) is 0 Å². The first kappa shape index (κ1) is 13.4. The summed E-state index contributed by atoms with van der Waals surface area (Å²) < 4.78 is 0. The van der Waals surface area contributed by atoms with Crippen LogP contribution in [0.1, 0.15) is 27.7 Å². The number of carbonyl (C=O) groups is 1. The van der Waals surface area contributed by atoms with E-state index in [4.69, 9.17) is 5.11 Å². The fraction of sp³-hybridized carbons (Fsp3) is 0.900. The molecule has 0 saturated carbocycles. The van der Waals surface area contributed by atoms with E-state index in [1.807, 2.05) is 32.6 Å². The lowest BCUT2D eigenvalue weighted by molar-refractivity contribution is -0.123. The van der Waals surface area contributed by atoms with Gasteiger partial charge in [0.05, 0.1) is 13.2 Å². The van der Waals surface area contributed by atoms with Crippen molar-refractivity contribution in [2.45, 2.75) is 33.2 Å². The van der Waals surface area contributed by atoms with Crippen LogP contribution in [0.2, 0.25) is 0 Å². The van der Waals surface area contributed by atoms with Crippen LogP contribution in [0.5, 0.6) is 0 Å². The number of hydrogen-bond donors (Lipinski definition) is 2. The van der Waals surface area contributed by atoms with Crippen molar-refractivity contribution in [3.05, 3.63) is 0 Å². The second-order valence-corrected chi connectivity index (χ2v) is 4.39. The van der Waals surface area contributed by atoms with E-state index < -0.39 is 0 Å². The summed E-state index contributed by atoms with van der Waals surface area (Å²) in [7, 11) is 0. The van der Waals surface area contributed by atoms with Crippen molar-refractivity contribution in [3.8, 4) is 0 Å². The molecule has 0 bridgehead atoms. The fourth-order valence-corrected chi connectivity index (χ4v) is 1.15. The Morgan fingerprint density at radius 1 is 1.43 bits per heavy atom. The van der Waals surface area contributed by atoms with E-state index in [1.54, 1.807) is 0 Å². The summed E-state index contributed by atoms with van der Waals surface area (Å²) in [5, 5.41) is 11.6. The van der Waals surface area contributed by atoms with Crippen molar-refractivity contribution in [1.29, 1.82) is 0 Å². The Hall–Kier alpha value is -0.610. The lowest BCUT2D eigenvalue weighted by atomic mass is 10.1. The third kappa shape index (κ3) is 6.86. The molecule has 0 heterocycles. The molecule has 0 saturated heterocycles. The summed E-state index contributed by atoms with van der Waals surface area (Å²) in [5.41, 5.74) is -0.185. The third-order valence-corrected chi connectivity index (χ3v) is 1.75. The maximum Gasteiger partial charge on any atom is 0.234 e. The second-order valence-electron chi connectivity index (χ2n) is 4.39. The van der Waals surface area contributed by atoms with Crippen LogP contribution < -0.4 is 5.32 Å². The standard InChI is InChI=1S/C10H22N2O2/c1-5-12(6-7-13)8-9(14)11-10(2,3)4/h13H,5-8H2,1-4H3,(H,11,14). The maximum absolute atomic E-state index is 11.5. The minimum Gasteiger partial charge on any atom is -0.395 e. The van der Waals surface area contributed by atoms with E-state index in [9.17, 15) is 4.79 Å². The van der Waals surface area contributed by atoms with Gasteiger partial charge in [-0.25, -0.2) is 0 Å². The molecule has 0 aromatic rings. The number of aliphatic hydroxyl groups is 1. The Morgan fingerprint density at radius 3 is 2.36 bits per heavy atom. The molecule has 0 aliphatic carbocycles. The van der Waals surface area contributed by atoms with Crippen molar-refractivity contribution in [3.63, 3.8) is 0 Å². The molecule has 4 nitrogen and oxygen atoms in total. The van der Waals surface area contributed by atoms with E-state index in [-0.39, 0.29) is 18.1 Å². The first-order valence-corrected chi connectivity index (χ1v) is 5.03. The molecular formula is C10H22N2O2. The smallest absolute Gasteiger partial charge is 0.234 e. The predicted octanol–water partition coefficient (Wildman–Crippen LogP) is 0.215. The van der Waals surface area contributed by atoms with E-state index >= 15 is 0 Å². The van der Waals surface area contributed by atoms with Crippen LogP contribution in [-0.4, -0.2) is 47.7 Å². The van der Waals surface area contributed by atoms with Crippen LogP contribution >= 0.6 is 0 Å². The van der Waals surface area contributed by atoms with Gasteiger partial charge in [0, 0.05) is 12.1 Å². The SMILES string of the molecule is CCN(CCO)CC(=O)NC(C)(C)C. The molecule has 1 amide bonds. The zero-order valence-electron chi connectivity index (χ0n) is 9.63. The molecule has 4 heteroatoms. The van der Waals surface area contributed by atoms with E-state index in [0.29, 0.717) is 13.1 Å². The Balaban J connectivity index is 3.91. The molecule has 84 valence electrons. The molecule has 14 heavy (non-hydrogen) atoms. The Labute approximate surface area is 86.3 Å². The molecular weight excluding hydrogens is 180 g/mol. The fourth-order valence-electron chi connectivity index (χ4n) is 1.15. The zero-order valence-corrected chi connectivity index (χ0v) is 9.63. The van der Waals surface area contributed by atoms with Crippen LogP contribution in [0.4, 0.5) is 0 Å². The molecule has 0 aromatic heterocycles. The number of rotatable bonds is 5. The zero-order chi connectivity index (χ0) is 11.2. The van der Waals surface area contributed by atoms with E-state index in [1.165, 1.54) is 0 Å². The summed E-state index contributed by atoms with van der Waals surface area (Å²) in [5.74, 6) is 0.00722. The number of nitrogens with zero attached hydrogens (tertiary/aromatic N) is 1. The quantitative estimate of drug-likeness (QED) is 0.670. The average Bonchev–Trinajstić information content (AvgIpc) is 2.00. The summed E-state index contributed by atoms with van der Waals surface area (Å²) in [6.45, 7) is 9.60. The van der Waals surface area contributed by atoms with Crippen LogP contribution in [0.25, 0.3) is 0 Å². The van der Waals surface area contributed by atoms with Gasteiger partial charge in [0.1, 0.15) is 0 Å². The highest BCUT2D eigenvalue weighted by Gasteiger charge is 2.15. The van der Waals surface area contributed by atoms with Gasteiger partial charge in [0.25, 0.3) is 0 Å². The van der Waals surface area contributed by atoms with Gasteiger partial charge >= 0.3 is 0 Å².